The SMILES string of the molecule is CN=C(NCC1CCCN(CC(C)C)C1)NC(C)Cc1ccc(C)s1.I. The van der Waals surface area contributed by atoms with E-state index in [0.717, 1.165) is 30.8 Å². The Labute approximate surface area is 181 Å². The predicted molar refractivity (Wildman–Crippen MR) is 126 cm³/mol. The third-order valence-electron chi connectivity index (χ3n) is 4.69. The topological polar surface area (TPSA) is 39.7 Å². The Morgan fingerprint density at radius 3 is 2.73 bits per heavy atom. The molecule has 2 unspecified atom stereocenters. The molecule has 1 aromatic heterocycles. The molecular weight excluding hydrogens is 455 g/mol. The van der Waals surface area contributed by atoms with Crippen LogP contribution >= 0.6 is 35.3 Å². The molecule has 0 bridgehead atoms. The number of nitrogens with zero attached hydrogens (tertiary/aromatic N) is 2. The molecule has 0 radical (unpaired) electrons. The highest BCUT2D eigenvalue weighted by molar-refractivity contribution is 14.0. The third-order valence-corrected chi connectivity index (χ3v) is 5.72. The molecule has 2 atom stereocenters. The molecule has 1 saturated heterocycles. The van der Waals surface area contributed by atoms with Gasteiger partial charge in [-0.15, -0.1) is 35.3 Å². The number of piperidine rings is 1. The van der Waals surface area contributed by atoms with Crippen molar-refractivity contribution in [2.45, 2.75) is 53.0 Å². The van der Waals surface area contributed by atoms with Gasteiger partial charge >= 0.3 is 0 Å². The molecule has 2 heterocycles. The van der Waals surface area contributed by atoms with Crippen LogP contribution in [-0.4, -0.2) is 50.1 Å². The average molecular weight is 493 g/mol. The Balaban J connectivity index is 0.00000338. The largest absolute Gasteiger partial charge is 0.356 e. The van der Waals surface area contributed by atoms with Gasteiger partial charge in [0.05, 0.1) is 0 Å². The average Bonchev–Trinajstić information content (AvgIpc) is 2.96. The van der Waals surface area contributed by atoms with E-state index in [1.165, 1.54) is 42.2 Å². The van der Waals surface area contributed by atoms with E-state index in [9.17, 15) is 0 Å². The summed E-state index contributed by atoms with van der Waals surface area (Å²) in [5.74, 6) is 2.41. The molecule has 1 aliphatic heterocycles. The van der Waals surface area contributed by atoms with Crippen LogP contribution in [0.1, 0.15) is 43.4 Å². The summed E-state index contributed by atoms with van der Waals surface area (Å²) in [5, 5.41) is 7.09. The zero-order valence-electron chi connectivity index (χ0n) is 17.0. The third kappa shape index (κ3) is 8.57. The highest BCUT2D eigenvalue weighted by atomic mass is 127. The molecule has 26 heavy (non-hydrogen) atoms. The molecule has 2 N–H and O–H groups in total. The number of guanidine groups is 1. The van der Waals surface area contributed by atoms with Gasteiger partial charge in [-0.2, -0.15) is 0 Å². The Morgan fingerprint density at radius 2 is 2.12 bits per heavy atom. The fraction of sp³-hybridized carbons (Fsp3) is 0.750. The van der Waals surface area contributed by atoms with Gasteiger partial charge in [-0.3, -0.25) is 4.99 Å². The molecule has 1 fully saturated rings. The summed E-state index contributed by atoms with van der Waals surface area (Å²) in [5.41, 5.74) is 0. The van der Waals surface area contributed by atoms with Gasteiger partial charge < -0.3 is 15.5 Å². The minimum Gasteiger partial charge on any atom is -0.356 e. The number of hydrogen-bond acceptors (Lipinski definition) is 3. The number of aliphatic imine (C=N–C) groups is 1. The van der Waals surface area contributed by atoms with Crippen LogP contribution in [0.15, 0.2) is 17.1 Å². The van der Waals surface area contributed by atoms with E-state index in [-0.39, 0.29) is 24.0 Å². The van der Waals surface area contributed by atoms with Gasteiger partial charge in [-0.05, 0) is 57.2 Å². The molecule has 2 rings (SSSR count). The standard InChI is InChI=1S/C20H36N4S.HI/c1-15(2)13-24-10-6-7-18(14-24)12-22-20(21-5)23-16(3)11-19-9-8-17(4)25-19;/h8-9,15-16,18H,6-7,10-14H2,1-5H3,(H2,21,22,23);1H. The van der Waals surface area contributed by atoms with Crippen LogP contribution in [0.4, 0.5) is 0 Å². The van der Waals surface area contributed by atoms with Gasteiger partial charge in [-0.25, -0.2) is 0 Å². The number of rotatable bonds is 7. The van der Waals surface area contributed by atoms with Crippen molar-refractivity contribution < 1.29 is 0 Å². The normalized spacial score (nSPS) is 19.9. The van der Waals surface area contributed by atoms with E-state index >= 15 is 0 Å². The Kier molecular flexibility index (Phi) is 11.1. The zero-order valence-corrected chi connectivity index (χ0v) is 20.2. The Morgan fingerprint density at radius 1 is 1.35 bits per heavy atom. The van der Waals surface area contributed by atoms with Crippen LogP contribution in [0.2, 0.25) is 0 Å². The van der Waals surface area contributed by atoms with E-state index < -0.39 is 0 Å². The molecule has 1 aliphatic rings. The maximum Gasteiger partial charge on any atom is 0.191 e. The fourth-order valence-corrected chi connectivity index (χ4v) is 4.64. The summed E-state index contributed by atoms with van der Waals surface area (Å²) in [6, 6.07) is 4.82. The van der Waals surface area contributed by atoms with Crippen LogP contribution in [0, 0.1) is 18.8 Å². The first-order valence-electron chi connectivity index (χ1n) is 9.71. The molecule has 0 aliphatic carbocycles. The van der Waals surface area contributed by atoms with Gasteiger partial charge in [0, 0.05) is 48.9 Å². The minimum atomic E-state index is 0. The van der Waals surface area contributed by atoms with Crippen molar-refractivity contribution in [3.63, 3.8) is 0 Å². The Hall–Kier alpha value is -0.340. The molecule has 0 aromatic carbocycles. The highest BCUT2D eigenvalue weighted by Crippen LogP contribution is 2.18. The summed E-state index contributed by atoms with van der Waals surface area (Å²) in [6.45, 7) is 13.7. The van der Waals surface area contributed by atoms with Crippen molar-refractivity contribution in [3.8, 4) is 0 Å². The van der Waals surface area contributed by atoms with Gasteiger partial charge in [0.2, 0.25) is 0 Å². The van der Waals surface area contributed by atoms with E-state index in [1.807, 2.05) is 18.4 Å². The fourth-order valence-electron chi connectivity index (χ4n) is 3.62. The van der Waals surface area contributed by atoms with Crippen LogP contribution in [0.5, 0.6) is 0 Å². The number of likely N-dealkylation sites (tertiary alicyclic amines) is 1. The lowest BCUT2D eigenvalue weighted by molar-refractivity contribution is 0.159. The quantitative estimate of drug-likeness (QED) is 0.342. The van der Waals surface area contributed by atoms with Crippen LogP contribution in [-0.2, 0) is 6.42 Å². The van der Waals surface area contributed by atoms with Gasteiger partial charge in [0.25, 0.3) is 0 Å². The maximum absolute atomic E-state index is 4.41. The number of halogens is 1. The van der Waals surface area contributed by atoms with Crippen LogP contribution in [0.25, 0.3) is 0 Å². The first-order valence-corrected chi connectivity index (χ1v) is 10.5. The maximum atomic E-state index is 4.41. The lowest BCUT2D eigenvalue weighted by Gasteiger charge is -2.34. The number of hydrogen-bond donors (Lipinski definition) is 2. The summed E-state index contributed by atoms with van der Waals surface area (Å²) < 4.78 is 0. The second kappa shape index (κ2) is 12.2. The van der Waals surface area contributed by atoms with Crippen LogP contribution in [0.3, 0.4) is 0 Å². The number of nitrogens with one attached hydrogen (secondary N) is 2. The lowest BCUT2D eigenvalue weighted by Crippen LogP contribution is -2.47. The summed E-state index contributed by atoms with van der Waals surface area (Å²) in [7, 11) is 1.86. The highest BCUT2D eigenvalue weighted by Gasteiger charge is 2.20. The molecule has 0 saturated carbocycles. The van der Waals surface area contributed by atoms with E-state index in [1.54, 1.807) is 0 Å². The monoisotopic (exact) mass is 492 g/mol. The second-order valence-electron chi connectivity index (χ2n) is 7.88. The van der Waals surface area contributed by atoms with Crippen LogP contribution < -0.4 is 10.6 Å². The van der Waals surface area contributed by atoms with E-state index in [2.05, 4.69) is 60.4 Å². The molecule has 150 valence electrons. The molecule has 6 heteroatoms. The summed E-state index contributed by atoms with van der Waals surface area (Å²) in [4.78, 5) is 9.85. The second-order valence-corrected chi connectivity index (χ2v) is 9.25. The van der Waals surface area contributed by atoms with Crippen molar-refractivity contribution in [1.82, 2.24) is 15.5 Å². The Bertz CT molecular complexity index is 544. The van der Waals surface area contributed by atoms with Crippen molar-refractivity contribution in [2.24, 2.45) is 16.8 Å². The molecule has 0 amide bonds. The number of aryl methyl sites for hydroxylation is 1. The summed E-state index contributed by atoms with van der Waals surface area (Å²) in [6.07, 6.45) is 3.69. The van der Waals surface area contributed by atoms with Crippen molar-refractivity contribution in [2.75, 3.05) is 33.2 Å². The van der Waals surface area contributed by atoms with Gasteiger partial charge in [0.1, 0.15) is 0 Å². The minimum absolute atomic E-state index is 0. The molecule has 4 nitrogen and oxygen atoms in total. The van der Waals surface area contributed by atoms with E-state index in [4.69, 9.17) is 0 Å². The summed E-state index contributed by atoms with van der Waals surface area (Å²) >= 11 is 1.89. The molecular formula is C20H37IN4S. The predicted octanol–water partition coefficient (Wildman–Crippen LogP) is 4.14. The van der Waals surface area contributed by atoms with E-state index in [0.29, 0.717) is 6.04 Å². The number of thiophene rings is 1. The van der Waals surface area contributed by atoms with Crippen molar-refractivity contribution >= 4 is 41.3 Å². The zero-order chi connectivity index (χ0) is 18.2. The first kappa shape index (κ1) is 23.7. The molecule has 0 spiro atoms. The van der Waals surface area contributed by atoms with Crippen molar-refractivity contribution in [1.29, 1.82) is 0 Å². The molecule has 1 aromatic rings. The lowest BCUT2D eigenvalue weighted by atomic mass is 9.97. The smallest absolute Gasteiger partial charge is 0.191 e. The van der Waals surface area contributed by atoms with Crippen molar-refractivity contribution in [3.05, 3.63) is 21.9 Å². The van der Waals surface area contributed by atoms with Gasteiger partial charge in [0.15, 0.2) is 5.96 Å². The first-order chi connectivity index (χ1) is 12.0. The van der Waals surface area contributed by atoms with Gasteiger partial charge in [-0.1, -0.05) is 13.8 Å².